The summed E-state index contributed by atoms with van der Waals surface area (Å²) in [5, 5.41) is 12.7. The molecule has 0 aliphatic carbocycles. The molecule has 0 bridgehead atoms. The summed E-state index contributed by atoms with van der Waals surface area (Å²) in [5.74, 6) is 1.83. The van der Waals surface area contributed by atoms with Crippen molar-refractivity contribution in [2.45, 2.75) is 6.54 Å². The number of benzene rings is 2. The van der Waals surface area contributed by atoms with Gasteiger partial charge in [-0.3, -0.25) is 0 Å². The van der Waals surface area contributed by atoms with Gasteiger partial charge in [-0.25, -0.2) is 15.0 Å². The maximum atomic E-state index is 9.57. The first kappa shape index (κ1) is 21.6. The summed E-state index contributed by atoms with van der Waals surface area (Å²) < 4.78 is 18.2. The third-order valence-electron chi connectivity index (χ3n) is 4.98. The fourth-order valence-electron chi connectivity index (χ4n) is 3.39. The molecule has 9 heteroatoms. The van der Waals surface area contributed by atoms with Crippen LogP contribution in [0.15, 0.2) is 61.3 Å². The van der Waals surface area contributed by atoms with Crippen LogP contribution in [0.2, 0.25) is 0 Å². The molecule has 4 rings (SSSR count). The maximum Gasteiger partial charge on any atom is 0.227 e. The Bertz CT molecular complexity index is 1260. The van der Waals surface area contributed by atoms with E-state index in [4.69, 9.17) is 14.2 Å². The molecule has 0 unspecified atom stereocenters. The average molecular weight is 442 g/mol. The van der Waals surface area contributed by atoms with Gasteiger partial charge >= 0.3 is 0 Å². The van der Waals surface area contributed by atoms with Crippen LogP contribution in [0.4, 0.5) is 11.6 Å². The Morgan fingerprint density at radius 1 is 1.03 bits per heavy atom. The highest BCUT2D eigenvalue weighted by Gasteiger charge is 2.15. The highest BCUT2D eigenvalue weighted by molar-refractivity contribution is 5.70. The van der Waals surface area contributed by atoms with E-state index in [2.05, 4.69) is 26.3 Å². The summed E-state index contributed by atoms with van der Waals surface area (Å²) in [5.41, 5.74) is 3.50. The van der Waals surface area contributed by atoms with Crippen LogP contribution < -0.4 is 19.5 Å². The number of anilines is 2. The lowest BCUT2D eigenvalue weighted by Gasteiger charge is -2.15. The number of nitrogens with one attached hydrogen (secondary N) is 1. The van der Waals surface area contributed by atoms with E-state index in [1.165, 1.54) is 6.20 Å². The van der Waals surface area contributed by atoms with Crippen LogP contribution in [0.1, 0.15) is 11.1 Å². The summed E-state index contributed by atoms with van der Waals surface area (Å²) in [7, 11) is 4.64. The van der Waals surface area contributed by atoms with Gasteiger partial charge in [0.25, 0.3) is 0 Å². The minimum absolute atomic E-state index is 0.334. The molecule has 0 aliphatic heterocycles. The van der Waals surface area contributed by atoms with Gasteiger partial charge in [-0.2, -0.15) is 5.26 Å². The van der Waals surface area contributed by atoms with Crippen molar-refractivity contribution < 1.29 is 14.2 Å². The number of imidazole rings is 1. The molecule has 0 saturated carbocycles. The monoisotopic (exact) mass is 442 g/mol. The van der Waals surface area contributed by atoms with Crippen molar-refractivity contribution in [1.29, 1.82) is 5.26 Å². The largest absolute Gasteiger partial charge is 0.493 e. The standard InChI is InChI=1S/C24H22N6O3/c1-31-20-10-19(11-21(32-2)23(20)33-3)28-24-27-13-18(12-25)22(29-24)17-6-4-16(5-7-17)14-30-9-8-26-15-30/h4-11,13,15H,14H2,1-3H3,(H,27,28,29). The van der Waals surface area contributed by atoms with Gasteiger partial charge in [0.15, 0.2) is 11.5 Å². The predicted octanol–water partition coefficient (Wildman–Crippen LogP) is 4.03. The van der Waals surface area contributed by atoms with Gasteiger partial charge in [-0.1, -0.05) is 24.3 Å². The van der Waals surface area contributed by atoms with Crippen LogP contribution in [0.25, 0.3) is 11.3 Å². The quantitative estimate of drug-likeness (QED) is 0.436. The Balaban J connectivity index is 1.63. The predicted molar refractivity (Wildman–Crippen MR) is 123 cm³/mol. The van der Waals surface area contributed by atoms with Crippen molar-refractivity contribution >= 4 is 11.6 Å². The molecule has 166 valence electrons. The van der Waals surface area contributed by atoms with Gasteiger partial charge in [0.2, 0.25) is 11.7 Å². The lowest BCUT2D eigenvalue weighted by Crippen LogP contribution is -2.02. The Kier molecular flexibility index (Phi) is 6.36. The van der Waals surface area contributed by atoms with Crippen LogP contribution in [-0.4, -0.2) is 40.8 Å². The zero-order valence-corrected chi connectivity index (χ0v) is 18.4. The molecule has 0 radical (unpaired) electrons. The first-order valence-corrected chi connectivity index (χ1v) is 10.0. The molecular weight excluding hydrogens is 420 g/mol. The van der Waals surface area contributed by atoms with E-state index >= 15 is 0 Å². The fourth-order valence-corrected chi connectivity index (χ4v) is 3.39. The topological polar surface area (TPSA) is 107 Å². The van der Waals surface area contributed by atoms with Crippen LogP contribution in [0.5, 0.6) is 17.2 Å². The van der Waals surface area contributed by atoms with Crippen molar-refractivity contribution in [1.82, 2.24) is 19.5 Å². The summed E-state index contributed by atoms with van der Waals surface area (Å²) in [6, 6.07) is 13.6. The lowest BCUT2D eigenvalue weighted by atomic mass is 10.1. The highest BCUT2D eigenvalue weighted by Crippen LogP contribution is 2.40. The van der Waals surface area contributed by atoms with E-state index < -0.39 is 0 Å². The van der Waals surface area contributed by atoms with Crippen LogP contribution in [0.3, 0.4) is 0 Å². The third kappa shape index (κ3) is 4.70. The first-order chi connectivity index (χ1) is 16.1. The molecule has 0 aliphatic rings. The molecule has 2 aromatic heterocycles. The fraction of sp³-hybridized carbons (Fsp3) is 0.167. The van der Waals surface area contributed by atoms with E-state index in [9.17, 15) is 5.26 Å². The highest BCUT2D eigenvalue weighted by atomic mass is 16.5. The molecule has 9 nitrogen and oxygen atoms in total. The Morgan fingerprint density at radius 3 is 2.33 bits per heavy atom. The van der Waals surface area contributed by atoms with Gasteiger partial charge < -0.3 is 24.1 Å². The number of aromatic nitrogens is 4. The van der Waals surface area contributed by atoms with Crippen LogP contribution in [-0.2, 0) is 6.54 Å². The lowest BCUT2D eigenvalue weighted by molar-refractivity contribution is 0.324. The second kappa shape index (κ2) is 9.70. The van der Waals surface area contributed by atoms with E-state index in [1.54, 1.807) is 46.0 Å². The molecule has 2 aromatic carbocycles. The summed E-state index contributed by atoms with van der Waals surface area (Å²) in [4.78, 5) is 12.9. The minimum atomic E-state index is 0.334. The molecule has 1 N–H and O–H groups in total. The number of nitrogens with zero attached hydrogens (tertiary/aromatic N) is 5. The number of hydrogen-bond acceptors (Lipinski definition) is 8. The smallest absolute Gasteiger partial charge is 0.227 e. The van der Waals surface area contributed by atoms with E-state index in [1.807, 2.05) is 35.0 Å². The summed E-state index contributed by atoms with van der Waals surface area (Å²) in [6.45, 7) is 0.711. The van der Waals surface area contributed by atoms with E-state index in [-0.39, 0.29) is 0 Å². The Morgan fingerprint density at radius 2 is 1.76 bits per heavy atom. The van der Waals surface area contributed by atoms with E-state index in [0.29, 0.717) is 46.7 Å². The molecule has 0 spiro atoms. The number of hydrogen-bond donors (Lipinski definition) is 1. The van der Waals surface area contributed by atoms with Crippen molar-refractivity contribution in [3.05, 3.63) is 72.4 Å². The molecule has 0 fully saturated rings. The number of methoxy groups -OCH3 is 3. The Hall–Kier alpha value is -4.58. The van der Waals surface area contributed by atoms with Gasteiger partial charge in [0, 0.05) is 42.3 Å². The number of nitriles is 1. The van der Waals surface area contributed by atoms with Crippen LogP contribution in [0, 0.1) is 11.3 Å². The Labute approximate surface area is 191 Å². The molecule has 33 heavy (non-hydrogen) atoms. The SMILES string of the molecule is COc1cc(Nc2ncc(C#N)c(-c3ccc(Cn4ccnc4)cc3)n2)cc(OC)c1OC. The number of ether oxygens (including phenoxy) is 3. The first-order valence-electron chi connectivity index (χ1n) is 10.0. The normalized spacial score (nSPS) is 10.4. The van der Waals surface area contributed by atoms with Crippen molar-refractivity contribution in [3.8, 4) is 34.6 Å². The molecule has 0 saturated heterocycles. The average Bonchev–Trinajstić information content (AvgIpc) is 3.37. The van der Waals surface area contributed by atoms with Crippen LogP contribution >= 0.6 is 0 Å². The van der Waals surface area contributed by atoms with Gasteiger partial charge in [0.05, 0.1) is 45.1 Å². The van der Waals surface area contributed by atoms with Crippen molar-refractivity contribution in [2.75, 3.05) is 26.6 Å². The summed E-state index contributed by atoms with van der Waals surface area (Å²) in [6.07, 6.45) is 6.93. The summed E-state index contributed by atoms with van der Waals surface area (Å²) >= 11 is 0. The molecular formula is C24H22N6O3. The second-order valence-corrected chi connectivity index (χ2v) is 7.04. The minimum Gasteiger partial charge on any atom is -0.493 e. The molecule has 0 atom stereocenters. The van der Waals surface area contributed by atoms with Gasteiger partial charge in [0.1, 0.15) is 6.07 Å². The maximum absolute atomic E-state index is 9.57. The third-order valence-corrected chi connectivity index (χ3v) is 4.98. The van der Waals surface area contributed by atoms with Gasteiger partial charge in [-0.15, -0.1) is 0 Å². The van der Waals surface area contributed by atoms with Gasteiger partial charge in [-0.05, 0) is 5.56 Å². The second-order valence-electron chi connectivity index (χ2n) is 7.04. The molecule has 4 aromatic rings. The zero-order valence-electron chi connectivity index (χ0n) is 18.4. The van der Waals surface area contributed by atoms with Crippen molar-refractivity contribution in [3.63, 3.8) is 0 Å². The molecule has 0 amide bonds. The number of rotatable bonds is 8. The van der Waals surface area contributed by atoms with Crippen molar-refractivity contribution in [2.24, 2.45) is 0 Å². The zero-order chi connectivity index (χ0) is 23.2. The van der Waals surface area contributed by atoms with E-state index in [0.717, 1.165) is 11.1 Å². The molecule has 2 heterocycles.